The van der Waals surface area contributed by atoms with Crippen molar-refractivity contribution in [3.8, 4) is 0 Å². The van der Waals surface area contributed by atoms with Crippen LogP contribution in [0.3, 0.4) is 0 Å². The van der Waals surface area contributed by atoms with Gasteiger partial charge in [0.15, 0.2) is 12.4 Å². The van der Waals surface area contributed by atoms with Crippen molar-refractivity contribution in [1.82, 2.24) is 0 Å². The Balaban J connectivity index is 2.16. The lowest BCUT2D eigenvalue weighted by Crippen LogP contribution is -2.66. The summed E-state index contributed by atoms with van der Waals surface area (Å²) in [6.45, 7) is -1.55. The minimum atomic E-state index is -2.20. The summed E-state index contributed by atoms with van der Waals surface area (Å²) >= 11 is 0. The van der Waals surface area contributed by atoms with Crippen molar-refractivity contribution < 1.29 is 65.0 Å². The molecule has 158 valence electrons. The molecule has 9 N–H and O–H groups in total. The molecule has 2 rings (SSSR count). The second kappa shape index (κ2) is 9.02. The predicted molar refractivity (Wildman–Crippen MR) is 80.0 cm³/mol. The van der Waals surface area contributed by atoms with Gasteiger partial charge in [-0.25, -0.2) is 4.79 Å². The van der Waals surface area contributed by atoms with E-state index in [0.29, 0.717) is 0 Å². The molecule has 2 fully saturated rings. The smallest absolute Gasteiger partial charge is 0.335 e. The largest absolute Gasteiger partial charge is 0.479 e. The summed E-state index contributed by atoms with van der Waals surface area (Å²) in [5.41, 5.74) is 0. The fourth-order valence-corrected chi connectivity index (χ4v) is 3.02. The van der Waals surface area contributed by atoms with Crippen LogP contribution in [-0.4, -0.2) is 132 Å². The fourth-order valence-electron chi connectivity index (χ4n) is 3.02. The lowest BCUT2D eigenvalue weighted by Gasteiger charge is -2.46. The van der Waals surface area contributed by atoms with Crippen LogP contribution in [0.15, 0.2) is 0 Å². The molecular weight excluding hydrogens is 376 g/mol. The van der Waals surface area contributed by atoms with Gasteiger partial charge in [0.2, 0.25) is 0 Å². The van der Waals surface area contributed by atoms with Gasteiger partial charge in [-0.2, -0.15) is 0 Å². The first kappa shape index (κ1) is 22.3. The molecule has 0 aliphatic carbocycles. The van der Waals surface area contributed by atoms with Crippen LogP contribution in [0.2, 0.25) is 0 Å². The summed E-state index contributed by atoms with van der Waals surface area (Å²) in [7, 11) is 0. The first-order chi connectivity index (χ1) is 12.6. The Labute approximate surface area is 152 Å². The molecule has 0 spiro atoms. The van der Waals surface area contributed by atoms with Crippen LogP contribution in [0.5, 0.6) is 0 Å². The summed E-state index contributed by atoms with van der Waals surface area (Å²) in [5.74, 6) is -1.73. The minimum absolute atomic E-state index is 0.729. The number of aliphatic carboxylic acids is 1. The van der Waals surface area contributed by atoms with Crippen LogP contribution in [-0.2, 0) is 19.0 Å². The number of rotatable bonds is 6. The number of ether oxygens (including phenoxy) is 3. The summed E-state index contributed by atoms with van der Waals surface area (Å²) in [5, 5.41) is 86.7. The summed E-state index contributed by atoms with van der Waals surface area (Å²) in [4.78, 5) is 10.9. The van der Waals surface area contributed by atoms with Gasteiger partial charge >= 0.3 is 5.97 Å². The lowest BCUT2D eigenvalue weighted by atomic mass is 9.92. The van der Waals surface area contributed by atoms with E-state index < -0.39 is 86.5 Å². The molecular formula is C14H24O13. The van der Waals surface area contributed by atoms with Crippen molar-refractivity contribution in [1.29, 1.82) is 0 Å². The number of aliphatic hydroxyl groups is 8. The Morgan fingerprint density at radius 2 is 1.44 bits per heavy atom. The fraction of sp³-hybridized carbons (Fsp3) is 0.929. The summed E-state index contributed by atoms with van der Waals surface area (Å²) in [6, 6.07) is 0. The number of carbonyl (C=O) groups is 1. The van der Waals surface area contributed by atoms with Gasteiger partial charge < -0.3 is 60.2 Å². The Kier molecular flexibility index (Phi) is 7.46. The van der Waals surface area contributed by atoms with E-state index in [1.807, 2.05) is 0 Å². The predicted octanol–water partition coefficient (Wildman–Crippen LogP) is -5.90. The zero-order valence-corrected chi connectivity index (χ0v) is 13.9. The van der Waals surface area contributed by atoms with Crippen molar-refractivity contribution in [2.24, 2.45) is 0 Å². The number of aliphatic hydroxyl groups excluding tert-OH is 8. The van der Waals surface area contributed by atoms with E-state index in [1.54, 1.807) is 0 Å². The van der Waals surface area contributed by atoms with Gasteiger partial charge in [0, 0.05) is 0 Å². The van der Waals surface area contributed by atoms with Crippen LogP contribution >= 0.6 is 0 Å². The first-order valence-electron chi connectivity index (χ1n) is 8.13. The first-order valence-corrected chi connectivity index (χ1v) is 8.13. The third-order valence-corrected chi connectivity index (χ3v) is 4.61. The molecule has 0 aromatic rings. The van der Waals surface area contributed by atoms with Crippen molar-refractivity contribution in [3.63, 3.8) is 0 Å². The van der Waals surface area contributed by atoms with Crippen LogP contribution in [0.1, 0.15) is 0 Å². The maximum absolute atomic E-state index is 10.9. The van der Waals surface area contributed by atoms with Gasteiger partial charge in [-0.15, -0.1) is 0 Å². The van der Waals surface area contributed by atoms with E-state index in [1.165, 1.54) is 0 Å². The van der Waals surface area contributed by atoms with Gasteiger partial charge in [-0.1, -0.05) is 0 Å². The van der Waals surface area contributed by atoms with Crippen molar-refractivity contribution in [2.45, 2.75) is 67.3 Å². The third kappa shape index (κ3) is 4.38. The molecule has 0 radical (unpaired) electrons. The summed E-state index contributed by atoms with van der Waals surface area (Å²) in [6.07, 6.45) is -19.0. The van der Waals surface area contributed by atoms with Crippen LogP contribution in [0.25, 0.3) is 0 Å². The SMILES string of the molecule is O=C(O)C(O)C1O[C@H](CO)[C@@H](O[C@@H]2O[C@H](CO)[C@H](O)[C@H](O)[C@H]2O)[C@H](O)C1O. The second-order valence-electron chi connectivity index (χ2n) is 6.38. The molecule has 0 aromatic carbocycles. The Bertz CT molecular complexity index is 499. The molecule has 13 nitrogen and oxygen atoms in total. The Hall–Kier alpha value is -0.970. The average molecular weight is 400 g/mol. The van der Waals surface area contributed by atoms with E-state index in [2.05, 4.69) is 0 Å². The van der Waals surface area contributed by atoms with E-state index in [-0.39, 0.29) is 0 Å². The molecule has 2 saturated heterocycles. The lowest BCUT2D eigenvalue weighted by molar-refractivity contribution is -0.344. The van der Waals surface area contributed by atoms with Crippen molar-refractivity contribution in [2.75, 3.05) is 13.2 Å². The van der Waals surface area contributed by atoms with Gasteiger partial charge in [-0.3, -0.25) is 0 Å². The van der Waals surface area contributed by atoms with E-state index >= 15 is 0 Å². The van der Waals surface area contributed by atoms with E-state index in [9.17, 15) is 40.5 Å². The highest BCUT2D eigenvalue weighted by Crippen LogP contribution is 2.30. The van der Waals surface area contributed by atoms with Crippen LogP contribution in [0.4, 0.5) is 0 Å². The van der Waals surface area contributed by atoms with Gasteiger partial charge in [-0.05, 0) is 0 Å². The third-order valence-electron chi connectivity index (χ3n) is 4.61. The molecule has 2 aliphatic heterocycles. The molecule has 3 unspecified atom stereocenters. The second-order valence-corrected chi connectivity index (χ2v) is 6.38. The topological polar surface area (TPSA) is 227 Å². The van der Waals surface area contributed by atoms with Crippen LogP contribution in [0, 0.1) is 0 Å². The summed E-state index contributed by atoms with van der Waals surface area (Å²) < 4.78 is 15.5. The molecule has 2 heterocycles. The molecule has 2 aliphatic rings. The molecule has 11 atom stereocenters. The quantitative estimate of drug-likeness (QED) is 0.203. The van der Waals surface area contributed by atoms with Gasteiger partial charge in [0.1, 0.15) is 54.9 Å². The highest BCUT2D eigenvalue weighted by molar-refractivity contribution is 5.72. The number of hydrogen-bond acceptors (Lipinski definition) is 12. The molecule has 0 amide bonds. The number of carboxylic acid groups (broad SMARTS) is 1. The highest BCUT2D eigenvalue weighted by Gasteiger charge is 2.52. The zero-order valence-electron chi connectivity index (χ0n) is 13.9. The van der Waals surface area contributed by atoms with Gasteiger partial charge in [0.25, 0.3) is 0 Å². The van der Waals surface area contributed by atoms with E-state index in [4.69, 9.17) is 24.4 Å². The minimum Gasteiger partial charge on any atom is -0.479 e. The Morgan fingerprint density at radius 1 is 0.852 bits per heavy atom. The van der Waals surface area contributed by atoms with Gasteiger partial charge in [0.05, 0.1) is 13.2 Å². The number of hydrogen-bond donors (Lipinski definition) is 9. The highest BCUT2D eigenvalue weighted by atomic mass is 16.7. The maximum Gasteiger partial charge on any atom is 0.335 e. The zero-order chi connectivity index (χ0) is 20.5. The van der Waals surface area contributed by atoms with Crippen molar-refractivity contribution in [3.05, 3.63) is 0 Å². The molecule has 13 heteroatoms. The molecule has 0 saturated carbocycles. The molecule has 27 heavy (non-hydrogen) atoms. The standard InChI is InChI=1S/C14H24O13/c15-1-3-5(17)6(18)9(21)14(26-3)27-11-4(2-16)25-12(8(20)7(11)19)10(22)13(23)24/h3-12,14-22H,1-2H2,(H,23,24)/t3-,4-,5+,6+,7-,8?,9-,10?,11-,12?,14+/m1/s1. The molecule has 0 bridgehead atoms. The maximum atomic E-state index is 10.9. The van der Waals surface area contributed by atoms with Crippen molar-refractivity contribution >= 4 is 5.97 Å². The molecule has 0 aromatic heterocycles. The Morgan fingerprint density at radius 3 is 1.96 bits per heavy atom. The normalized spacial score (nSPS) is 46.8. The monoisotopic (exact) mass is 400 g/mol. The average Bonchev–Trinajstić information content (AvgIpc) is 2.65. The van der Waals surface area contributed by atoms with E-state index in [0.717, 1.165) is 0 Å². The van der Waals surface area contributed by atoms with Crippen LogP contribution < -0.4 is 0 Å². The number of carboxylic acids is 1.